The Kier molecular flexibility index (Phi) is 6.78. The number of aromatic amines is 1. The molecule has 0 bridgehead atoms. The number of aromatic nitrogens is 2. The van der Waals surface area contributed by atoms with E-state index in [4.69, 9.17) is 14.2 Å². The van der Waals surface area contributed by atoms with E-state index in [2.05, 4.69) is 25.9 Å². The number of para-hydroxylation sites is 1. The second-order valence-electron chi connectivity index (χ2n) is 8.32. The lowest BCUT2D eigenvalue weighted by Gasteiger charge is -2.26. The van der Waals surface area contributed by atoms with Crippen LogP contribution in [0.25, 0.3) is 17.0 Å². The number of halogens is 1. The highest BCUT2D eigenvalue weighted by atomic mass is 79.9. The molecule has 0 saturated carbocycles. The number of carbonyl (C=O) groups is 1. The molecule has 1 aliphatic rings. The van der Waals surface area contributed by atoms with Gasteiger partial charge in [-0.2, -0.15) is 0 Å². The van der Waals surface area contributed by atoms with Crippen molar-refractivity contribution < 1.29 is 19.0 Å². The molecule has 0 amide bonds. The Morgan fingerprint density at radius 3 is 2.70 bits per heavy atom. The first-order valence-electron chi connectivity index (χ1n) is 11.5. The van der Waals surface area contributed by atoms with Crippen molar-refractivity contribution in [2.75, 3.05) is 20.8 Å². The van der Waals surface area contributed by atoms with Gasteiger partial charge in [0.25, 0.3) is 5.56 Å². The molecule has 2 aromatic heterocycles. The number of hydrogen-bond acceptors (Lipinski definition) is 7. The van der Waals surface area contributed by atoms with Crippen LogP contribution in [0.1, 0.15) is 31.0 Å². The summed E-state index contributed by atoms with van der Waals surface area (Å²) in [6, 6.07) is 10.6. The zero-order valence-electron chi connectivity index (χ0n) is 20.6. The average molecular weight is 582 g/mol. The van der Waals surface area contributed by atoms with Crippen molar-refractivity contribution in [2.45, 2.75) is 19.9 Å². The smallest absolute Gasteiger partial charge is 0.338 e. The van der Waals surface area contributed by atoms with Gasteiger partial charge in [-0.05, 0) is 48.0 Å². The molecule has 0 unspecified atom stereocenters. The number of esters is 1. The maximum Gasteiger partial charge on any atom is 0.338 e. The zero-order chi connectivity index (χ0) is 26.3. The fraction of sp³-hybridized carbons (Fsp3) is 0.222. The lowest BCUT2D eigenvalue weighted by atomic mass is 9.95. The maximum absolute atomic E-state index is 13.9. The fourth-order valence-corrected chi connectivity index (χ4v) is 6.10. The largest absolute Gasteiger partial charge is 0.496 e. The molecular formula is C27H24BrN3O5S. The topological polar surface area (TPSA) is 94.9 Å². The Bertz CT molecular complexity index is 1750. The van der Waals surface area contributed by atoms with Crippen molar-refractivity contribution in [1.29, 1.82) is 0 Å². The molecule has 1 N–H and O–H groups in total. The zero-order valence-corrected chi connectivity index (χ0v) is 23.0. The Morgan fingerprint density at radius 2 is 1.97 bits per heavy atom. The summed E-state index contributed by atoms with van der Waals surface area (Å²) in [7, 11) is 3.09. The van der Waals surface area contributed by atoms with E-state index in [1.807, 2.05) is 36.5 Å². The van der Waals surface area contributed by atoms with Crippen molar-refractivity contribution in [3.05, 3.63) is 89.2 Å². The maximum atomic E-state index is 13.9. The SMILES string of the molecule is CCOC(=O)C1=C(C)N=c2sc(=Cc3c[nH]c4ccccc34)c(=O)n2[C@H]1c1cc(Br)c(OC)cc1OC. The Labute approximate surface area is 224 Å². The molecule has 3 heterocycles. The normalized spacial score (nSPS) is 15.5. The number of thiazole rings is 1. The van der Waals surface area contributed by atoms with Crippen LogP contribution in [0.3, 0.4) is 0 Å². The van der Waals surface area contributed by atoms with Crippen molar-refractivity contribution in [3.8, 4) is 11.5 Å². The Morgan fingerprint density at radius 1 is 1.22 bits per heavy atom. The second-order valence-corrected chi connectivity index (χ2v) is 10.2. The minimum absolute atomic E-state index is 0.191. The van der Waals surface area contributed by atoms with Crippen LogP contribution in [0, 0.1) is 0 Å². The van der Waals surface area contributed by atoms with Crippen LogP contribution in [0.2, 0.25) is 0 Å². The van der Waals surface area contributed by atoms with Crippen LogP contribution in [-0.2, 0) is 9.53 Å². The number of carbonyl (C=O) groups excluding carboxylic acids is 1. The van der Waals surface area contributed by atoms with Crippen LogP contribution in [0.15, 0.2) is 68.1 Å². The van der Waals surface area contributed by atoms with Gasteiger partial charge in [0.15, 0.2) is 4.80 Å². The van der Waals surface area contributed by atoms with Gasteiger partial charge < -0.3 is 19.2 Å². The summed E-state index contributed by atoms with van der Waals surface area (Å²) < 4.78 is 19.2. The molecule has 8 nitrogen and oxygen atoms in total. The van der Waals surface area contributed by atoms with Crippen molar-refractivity contribution in [3.63, 3.8) is 0 Å². The third-order valence-electron chi connectivity index (χ3n) is 6.22. The number of allylic oxidation sites excluding steroid dienone is 1. The summed E-state index contributed by atoms with van der Waals surface area (Å²) in [5, 5.41) is 1.01. The highest BCUT2D eigenvalue weighted by molar-refractivity contribution is 9.10. The molecule has 4 aromatic rings. The predicted molar refractivity (Wildman–Crippen MR) is 146 cm³/mol. The minimum atomic E-state index is -0.808. The molecule has 190 valence electrons. The first-order valence-corrected chi connectivity index (χ1v) is 13.2. The average Bonchev–Trinajstić information content (AvgIpc) is 3.43. The third-order valence-corrected chi connectivity index (χ3v) is 7.83. The van der Waals surface area contributed by atoms with E-state index in [1.54, 1.807) is 37.7 Å². The summed E-state index contributed by atoms with van der Waals surface area (Å²) in [6.45, 7) is 3.68. The molecule has 0 saturated heterocycles. The summed E-state index contributed by atoms with van der Waals surface area (Å²) in [6.07, 6.45) is 3.73. The van der Waals surface area contributed by atoms with E-state index < -0.39 is 12.0 Å². The van der Waals surface area contributed by atoms with Gasteiger partial charge >= 0.3 is 5.97 Å². The van der Waals surface area contributed by atoms with E-state index in [0.717, 1.165) is 16.5 Å². The van der Waals surface area contributed by atoms with Gasteiger partial charge in [0.1, 0.15) is 17.5 Å². The van der Waals surface area contributed by atoms with Crippen LogP contribution < -0.4 is 24.4 Å². The van der Waals surface area contributed by atoms with Gasteiger partial charge in [-0.25, -0.2) is 9.79 Å². The monoisotopic (exact) mass is 581 g/mol. The van der Waals surface area contributed by atoms with Gasteiger partial charge in [0.2, 0.25) is 0 Å². The molecule has 0 radical (unpaired) electrons. The first kappa shape index (κ1) is 25.0. The predicted octanol–water partition coefficient (Wildman–Crippen LogP) is 4.06. The molecule has 5 rings (SSSR count). The molecular weight excluding hydrogens is 558 g/mol. The van der Waals surface area contributed by atoms with Crippen molar-refractivity contribution >= 4 is 50.2 Å². The molecule has 10 heteroatoms. The number of ether oxygens (including phenoxy) is 3. The van der Waals surface area contributed by atoms with Crippen molar-refractivity contribution in [1.82, 2.24) is 9.55 Å². The van der Waals surface area contributed by atoms with Gasteiger partial charge in [-0.3, -0.25) is 9.36 Å². The van der Waals surface area contributed by atoms with E-state index in [9.17, 15) is 9.59 Å². The molecule has 2 aromatic carbocycles. The molecule has 1 atom stereocenters. The molecule has 0 fully saturated rings. The number of H-pyrrole nitrogens is 1. The lowest BCUT2D eigenvalue weighted by Crippen LogP contribution is -2.40. The van der Waals surface area contributed by atoms with Gasteiger partial charge in [-0.1, -0.05) is 29.5 Å². The van der Waals surface area contributed by atoms with Gasteiger partial charge in [0.05, 0.1) is 41.1 Å². The number of rotatable bonds is 6. The second kappa shape index (κ2) is 10.0. The standard InChI is InChI=1S/C27H24BrN3O5S/c1-5-36-26(33)23-14(2)30-27-31(24(23)17-11-18(28)21(35-4)12-20(17)34-3)25(32)22(37-27)10-15-13-29-19-9-7-6-8-16(15)19/h6-13,24,29H,5H2,1-4H3/t24-/m0/s1. The lowest BCUT2D eigenvalue weighted by molar-refractivity contribution is -0.139. The van der Waals surface area contributed by atoms with Gasteiger partial charge in [-0.15, -0.1) is 0 Å². The molecule has 1 aliphatic heterocycles. The highest BCUT2D eigenvalue weighted by Crippen LogP contribution is 2.41. The number of nitrogens with zero attached hydrogens (tertiary/aromatic N) is 2. The number of fused-ring (bicyclic) bond motifs is 2. The Balaban J connectivity index is 1.79. The summed E-state index contributed by atoms with van der Waals surface area (Å²) in [5.74, 6) is 0.493. The van der Waals surface area contributed by atoms with Crippen LogP contribution in [0.4, 0.5) is 0 Å². The van der Waals surface area contributed by atoms with E-state index >= 15 is 0 Å². The first-order chi connectivity index (χ1) is 17.9. The Hall–Kier alpha value is -3.63. The third kappa shape index (κ3) is 4.30. The summed E-state index contributed by atoms with van der Waals surface area (Å²) >= 11 is 4.81. The van der Waals surface area contributed by atoms with Gasteiger partial charge in [0, 0.05) is 34.3 Å². The number of hydrogen-bond donors (Lipinski definition) is 1. The molecule has 37 heavy (non-hydrogen) atoms. The van der Waals surface area contributed by atoms with E-state index in [1.165, 1.54) is 18.4 Å². The highest BCUT2D eigenvalue weighted by Gasteiger charge is 2.35. The number of nitrogens with one attached hydrogen (secondary N) is 1. The fourth-order valence-electron chi connectivity index (χ4n) is 4.54. The summed E-state index contributed by atoms with van der Waals surface area (Å²) in [4.78, 5) is 35.5. The van der Waals surface area contributed by atoms with E-state index in [0.29, 0.717) is 36.6 Å². The quantitative estimate of drug-likeness (QED) is 0.346. The number of benzene rings is 2. The minimum Gasteiger partial charge on any atom is -0.496 e. The molecule has 0 aliphatic carbocycles. The van der Waals surface area contributed by atoms with Crippen LogP contribution in [-0.4, -0.2) is 36.3 Å². The molecule has 0 spiro atoms. The van der Waals surface area contributed by atoms with Crippen LogP contribution in [0.5, 0.6) is 11.5 Å². The van der Waals surface area contributed by atoms with Crippen LogP contribution >= 0.6 is 27.3 Å². The van der Waals surface area contributed by atoms with E-state index in [-0.39, 0.29) is 17.7 Å². The summed E-state index contributed by atoms with van der Waals surface area (Å²) in [5.41, 5.74) is 2.98. The number of methoxy groups -OCH3 is 2. The van der Waals surface area contributed by atoms with Crippen molar-refractivity contribution in [2.24, 2.45) is 4.99 Å².